The molecule has 3 heteroatoms. The Morgan fingerprint density at radius 1 is 1.23 bits per heavy atom. The normalized spacial score (nSPS) is 9.62. The summed E-state index contributed by atoms with van der Waals surface area (Å²) in [6.07, 6.45) is 1.67. The smallest absolute Gasteiger partial charge is 0.698 e. The van der Waals surface area contributed by atoms with Crippen molar-refractivity contribution in [2.75, 3.05) is 0 Å². The van der Waals surface area contributed by atoms with Crippen molar-refractivity contribution >= 4 is 16.6 Å². The third kappa shape index (κ3) is 2.04. The van der Waals surface area contributed by atoms with Crippen LogP contribution >= 0.6 is 0 Å². The first-order chi connectivity index (χ1) is 5.77. The molecule has 0 saturated heterocycles. The van der Waals surface area contributed by atoms with E-state index in [0.29, 0.717) is 5.69 Å². The summed E-state index contributed by atoms with van der Waals surface area (Å²) in [6.45, 7) is 2.03. The van der Waals surface area contributed by atoms with E-state index < -0.39 is 0 Å². The summed E-state index contributed by atoms with van der Waals surface area (Å²) in [5.74, 6) is 0. The molecule has 0 amide bonds. The van der Waals surface area contributed by atoms with E-state index in [4.69, 9.17) is 5.73 Å². The first-order valence-corrected chi connectivity index (χ1v) is 3.84. The van der Waals surface area contributed by atoms with Gasteiger partial charge in [0.1, 0.15) is 0 Å². The molecule has 0 spiro atoms. The van der Waals surface area contributed by atoms with Gasteiger partial charge >= 0.3 is 31.1 Å². The average molecular weight is 395 g/mol. The fourth-order valence-electron chi connectivity index (χ4n) is 1.26. The van der Waals surface area contributed by atoms with Gasteiger partial charge in [0.25, 0.3) is 0 Å². The molecule has 0 fully saturated rings. The van der Waals surface area contributed by atoms with Crippen LogP contribution in [-0.4, -0.2) is 4.98 Å². The number of nitrogens with zero attached hydrogens (tertiary/aromatic N) is 1. The second-order valence-electron chi connectivity index (χ2n) is 2.88. The van der Waals surface area contributed by atoms with E-state index >= 15 is 0 Å². The fraction of sp³-hybridized carbons (Fsp3) is 0.100. The molecule has 0 unspecified atom stereocenters. The van der Waals surface area contributed by atoms with E-state index in [2.05, 4.69) is 4.98 Å². The fourth-order valence-corrected chi connectivity index (χ4v) is 1.26. The Morgan fingerprint density at radius 3 is 2.77 bits per heavy atom. The van der Waals surface area contributed by atoms with Crippen LogP contribution in [0.1, 0.15) is 5.56 Å². The topological polar surface area (TPSA) is 36.7 Å². The number of aryl methyl sites for hydroxylation is 1. The summed E-state index contributed by atoms with van der Waals surface area (Å²) in [6, 6.07) is 7.65. The first kappa shape index (κ1) is 10.6. The number of hydrogen-bond donors (Lipinski definition) is 0. The Hall–Kier alpha value is -0.518. The molecule has 0 aliphatic carbocycles. The molecule has 13 heavy (non-hydrogen) atoms. The van der Waals surface area contributed by atoms with Crippen molar-refractivity contribution in [1.29, 1.82) is 0 Å². The number of fused-ring (bicyclic) bond motifs is 1. The molecule has 1 aromatic carbocycles. The Kier molecular flexibility index (Phi) is 3.35. The van der Waals surface area contributed by atoms with Crippen LogP contribution < -0.4 is 0 Å². The minimum atomic E-state index is 0. The molecule has 0 radical (unpaired) electrons. The molecule has 0 aliphatic heterocycles. The van der Waals surface area contributed by atoms with Crippen LogP contribution in [0.3, 0.4) is 0 Å². The Bertz CT molecular complexity index is 426. The number of pyridine rings is 1. The van der Waals surface area contributed by atoms with Crippen LogP contribution in [0.2, 0.25) is 0 Å². The van der Waals surface area contributed by atoms with Gasteiger partial charge in [-0.05, 0) is 23.9 Å². The molecule has 2 aromatic rings. The average Bonchev–Trinajstić information content (AvgIpc) is 2.04. The van der Waals surface area contributed by atoms with Crippen LogP contribution in [0.5, 0.6) is 0 Å². The van der Waals surface area contributed by atoms with Gasteiger partial charge in [-0.15, -0.1) is 5.69 Å². The van der Waals surface area contributed by atoms with Crippen molar-refractivity contribution in [2.24, 2.45) is 0 Å². The first-order valence-electron chi connectivity index (χ1n) is 3.84. The summed E-state index contributed by atoms with van der Waals surface area (Å²) in [5, 5.41) is 0.920. The Morgan fingerprint density at radius 2 is 2.00 bits per heavy atom. The summed E-state index contributed by atoms with van der Waals surface area (Å²) in [4.78, 5) is 4.18. The van der Waals surface area contributed by atoms with E-state index in [0.717, 1.165) is 10.9 Å². The molecule has 1 heterocycles. The van der Waals surface area contributed by atoms with E-state index in [1.807, 2.05) is 25.1 Å². The Labute approximate surface area is 101 Å². The van der Waals surface area contributed by atoms with Crippen molar-refractivity contribution in [2.45, 2.75) is 6.92 Å². The predicted molar refractivity (Wildman–Crippen MR) is 50.5 cm³/mol. The maximum Gasteiger partial charge on any atom is 2.00 e. The monoisotopic (exact) mass is 395 g/mol. The quantitative estimate of drug-likeness (QED) is 0.675. The standard InChI is InChI=1S/C10H9N2.U/c1-7-2-3-8-9(11)4-5-12-10(8)6-7;/h2-6H,1H3,(H-,11,12);/q-1;+2. The van der Waals surface area contributed by atoms with Gasteiger partial charge in [0.15, 0.2) is 0 Å². The van der Waals surface area contributed by atoms with Crippen molar-refractivity contribution in [3.05, 3.63) is 41.8 Å². The van der Waals surface area contributed by atoms with Crippen LogP contribution in [0.15, 0.2) is 30.5 Å². The van der Waals surface area contributed by atoms with E-state index in [1.54, 1.807) is 12.3 Å². The van der Waals surface area contributed by atoms with Crippen LogP contribution in [0, 0.1) is 38.0 Å². The number of benzene rings is 1. The zero-order valence-corrected chi connectivity index (χ0v) is 11.5. The van der Waals surface area contributed by atoms with Gasteiger partial charge in [-0.25, -0.2) is 0 Å². The van der Waals surface area contributed by atoms with Gasteiger partial charge in [-0.3, -0.25) is 4.98 Å². The summed E-state index contributed by atoms with van der Waals surface area (Å²) >= 11 is 0. The van der Waals surface area contributed by atoms with E-state index in [-0.39, 0.29) is 31.1 Å². The maximum atomic E-state index is 7.59. The van der Waals surface area contributed by atoms with Crippen molar-refractivity contribution in [3.63, 3.8) is 0 Å². The second-order valence-corrected chi connectivity index (χ2v) is 2.88. The molecular formula is C10H9N2U+. The van der Waals surface area contributed by atoms with Crippen molar-refractivity contribution < 1.29 is 31.1 Å². The van der Waals surface area contributed by atoms with Crippen molar-refractivity contribution in [1.82, 2.24) is 4.98 Å². The van der Waals surface area contributed by atoms with Gasteiger partial charge in [0.05, 0.1) is 5.52 Å². The molecule has 0 bridgehead atoms. The zero-order valence-electron chi connectivity index (χ0n) is 7.33. The molecular weight excluding hydrogens is 386 g/mol. The van der Waals surface area contributed by atoms with E-state index in [1.165, 1.54) is 5.56 Å². The molecule has 0 aliphatic rings. The molecule has 62 valence electrons. The summed E-state index contributed by atoms with van der Waals surface area (Å²) in [5.41, 5.74) is 10.2. The van der Waals surface area contributed by atoms with Crippen molar-refractivity contribution in [3.8, 4) is 0 Å². The second kappa shape index (κ2) is 4.13. The minimum absolute atomic E-state index is 0. The number of nitrogens with one attached hydrogen (secondary N) is 1. The van der Waals surface area contributed by atoms with Gasteiger partial charge in [0, 0.05) is 6.20 Å². The van der Waals surface area contributed by atoms with Crippen LogP contribution in [0.25, 0.3) is 16.6 Å². The van der Waals surface area contributed by atoms with Crippen LogP contribution in [-0.2, 0) is 0 Å². The maximum absolute atomic E-state index is 7.59. The summed E-state index contributed by atoms with van der Waals surface area (Å²) < 4.78 is 0. The predicted octanol–water partition coefficient (Wildman–Crippen LogP) is 3.23. The van der Waals surface area contributed by atoms with Crippen LogP contribution in [0.4, 0.5) is 5.69 Å². The largest absolute Gasteiger partial charge is 2.00 e. The molecule has 2 nitrogen and oxygen atoms in total. The van der Waals surface area contributed by atoms with Gasteiger partial charge in [-0.1, -0.05) is 18.2 Å². The third-order valence-corrected chi connectivity index (χ3v) is 1.90. The third-order valence-electron chi connectivity index (χ3n) is 1.90. The van der Waals surface area contributed by atoms with Gasteiger partial charge < -0.3 is 5.73 Å². The molecule has 0 atom stereocenters. The van der Waals surface area contributed by atoms with E-state index in [9.17, 15) is 0 Å². The molecule has 1 N–H and O–H groups in total. The zero-order chi connectivity index (χ0) is 8.55. The molecule has 0 saturated carbocycles. The molecule has 1 aromatic heterocycles. The number of rotatable bonds is 0. The Balaban J connectivity index is 0.000000845. The minimum Gasteiger partial charge on any atom is -0.698 e. The summed E-state index contributed by atoms with van der Waals surface area (Å²) in [7, 11) is 0. The van der Waals surface area contributed by atoms with Gasteiger partial charge in [0.2, 0.25) is 0 Å². The molecule has 2 rings (SSSR count). The number of hydrogen-bond acceptors (Lipinski definition) is 1. The van der Waals surface area contributed by atoms with Gasteiger partial charge in [-0.2, -0.15) is 0 Å². The SMILES string of the molecule is Cc1ccc2c([NH-])ccnc2c1.[U+2]. The number of aromatic nitrogens is 1.